The second kappa shape index (κ2) is 2.90. The minimum atomic E-state index is 0.821. The Hall–Kier alpha value is -0.840. The van der Waals surface area contributed by atoms with Crippen molar-refractivity contribution >= 4 is 39.2 Å². The van der Waals surface area contributed by atoms with Gasteiger partial charge in [0.25, 0.3) is 0 Å². The van der Waals surface area contributed by atoms with E-state index in [1.807, 2.05) is 24.3 Å². The lowest BCUT2D eigenvalue weighted by molar-refractivity contribution is 1.41. The van der Waals surface area contributed by atoms with E-state index in [0.717, 1.165) is 20.2 Å². The molecule has 0 saturated carbocycles. The highest BCUT2D eigenvalue weighted by atomic mass is 127. The lowest BCUT2D eigenvalue weighted by atomic mass is 10.2. The number of rotatable bonds is 0. The zero-order valence-electron chi connectivity index (χ0n) is 6.29. The molecule has 60 valence electrons. The molecule has 0 amide bonds. The molecular weight excluding hydrogens is 263 g/mol. The van der Waals surface area contributed by atoms with E-state index in [1.165, 1.54) is 0 Å². The molecule has 0 spiro atoms. The van der Waals surface area contributed by atoms with Crippen molar-refractivity contribution in [3.8, 4) is 0 Å². The summed E-state index contributed by atoms with van der Waals surface area (Å²) in [6.07, 6.45) is 1.77. The van der Waals surface area contributed by atoms with Crippen LogP contribution in [-0.2, 0) is 0 Å². The van der Waals surface area contributed by atoms with E-state index in [4.69, 9.17) is 5.73 Å². The number of aromatic nitrogens is 1. The number of halogens is 1. The summed E-state index contributed by atoms with van der Waals surface area (Å²) >= 11 is 2.22. The van der Waals surface area contributed by atoms with E-state index in [0.29, 0.717) is 0 Å². The third kappa shape index (κ3) is 1.14. The van der Waals surface area contributed by atoms with Crippen LogP contribution in [0.4, 0.5) is 5.69 Å². The highest BCUT2D eigenvalue weighted by molar-refractivity contribution is 14.1. The number of anilines is 1. The van der Waals surface area contributed by atoms with Crippen LogP contribution in [0.5, 0.6) is 0 Å². The van der Waals surface area contributed by atoms with Gasteiger partial charge in [-0.15, -0.1) is 0 Å². The standard InChI is InChI=1S/C9H7IN2/c10-7-3-4-8-6(9(7)11)2-1-5-12-8/h1-5H,11H2. The van der Waals surface area contributed by atoms with E-state index in [1.54, 1.807) is 6.20 Å². The number of nitrogens with zero attached hydrogens (tertiary/aromatic N) is 1. The minimum Gasteiger partial charge on any atom is -0.397 e. The molecule has 1 aromatic heterocycles. The van der Waals surface area contributed by atoms with Gasteiger partial charge in [-0.05, 0) is 46.9 Å². The van der Waals surface area contributed by atoms with Gasteiger partial charge in [-0.2, -0.15) is 0 Å². The summed E-state index contributed by atoms with van der Waals surface area (Å²) in [6, 6.07) is 7.84. The summed E-state index contributed by atoms with van der Waals surface area (Å²) in [5.74, 6) is 0. The van der Waals surface area contributed by atoms with Gasteiger partial charge in [-0.3, -0.25) is 4.98 Å². The van der Waals surface area contributed by atoms with Crippen molar-refractivity contribution in [2.45, 2.75) is 0 Å². The van der Waals surface area contributed by atoms with E-state index in [9.17, 15) is 0 Å². The predicted octanol–water partition coefficient (Wildman–Crippen LogP) is 2.42. The second-order valence-electron chi connectivity index (χ2n) is 2.53. The quantitative estimate of drug-likeness (QED) is 0.589. The average molecular weight is 270 g/mol. The van der Waals surface area contributed by atoms with Crippen molar-refractivity contribution in [3.05, 3.63) is 34.0 Å². The summed E-state index contributed by atoms with van der Waals surface area (Å²) < 4.78 is 1.08. The molecular formula is C9H7IN2. The molecule has 2 N–H and O–H groups in total. The molecule has 12 heavy (non-hydrogen) atoms. The molecule has 0 unspecified atom stereocenters. The Morgan fingerprint density at radius 3 is 2.92 bits per heavy atom. The first-order valence-electron chi connectivity index (χ1n) is 3.58. The summed E-state index contributed by atoms with van der Waals surface area (Å²) in [5.41, 5.74) is 7.65. The molecule has 0 radical (unpaired) electrons. The molecule has 1 aromatic carbocycles. The number of hydrogen-bond acceptors (Lipinski definition) is 2. The summed E-state index contributed by atoms with van der Waals surface area (Å²) in [6.45, 7) is 0. The molecule has 2 aromatic rings. The number of benzene rings is 1. The van der Waals surface area contributed by atoms with Gasteiger partial charge in [-0.1, -0.05) is 0 Å². The molecule has 0 saturated heterocycles. The van der Waals surface area contributed by atoms with Crippen molar-refractivity contribution in [1.82, 2.24) is 4.98 Å². The lowest BCUT2D eigenvalue weighted by Crippen LogP contribution is -1.91. The van der Waals surface area contributed by atoms with Gasteiger partial charge in [0, 0.05) is 15.2 Å². The lowest BCUT2D eigenvalue weighted by Gasteiger charge is -2.01. The first-order valence-corrected chi connectivity index (χ1v) is 4.65. The Kier molecular flexibility index (Phi) is 1.88. The predicted molar refractivity (Wildman–Crippen MR) is 58.9 cm³/mol. The molecule has 0 fully saturated rings. The molecule has 0 aliphatic heterocycles. The van der Waals surface area contributed by atoms with Crippen LogP contribution in [0.1, 0.15) is 0 Å². The van der Waals surface area contributed by atoms with Crippen LogP contribution >= 0.6 is 22.6 Å². The first kappa shape index (κ1) is 7.79. The van der Waals surface area contributed by atoms with Gasteiger partial charge in [0.1, 0.15) is 0 Å². The average Bonchev–Trinajstić information content (AvgIpc) is 2.12. The van der Waals surface area contributed by atoms with Crippen LogP contribution in [0.25, 0.3) is 10.9 Å². The number of fused-ring (bicyclic) bond motifs is 1. The number of nitrogen functional groups attached to an aromatic ring is 1. The summed E-state index contributed by atoms with van der Waals surface area (Å²) in [5, 5.41) is 1.03. The van der Waals surface area contributed by atoms with E-state index in [-0.39, 0.29) is 0 Å². The van der Waals surface area contributed by atoms with Crippen LogP contribution in [0.2, 0.25) is 0 Å². The van der Waals surface area contributed by atoms with Crippen LogP contribution < -0.4 is 5.73 Å². The normalized spacial score (nSPS) is 10.4. The van der Waals surface area contributed by atoms with Gasteiger partial charge in [0.2, 0.25) is 0 Å². The zero-order valence-corrected chi connectivity index (χ0v) is 8.45. The monoisotopic (exact) mass is 270 g/mol. The maximum atomic E-state index is 5.87. The Balaban J connectivity index is 2.91. The maximum Gasteiger partial charge on any atom is 0.0723 e. The van der Waals surface area contributed by atoms with Crippen molar-refractivity contribution in [2.24, 2.45) is 0 Å². The SMILES string of the molecule is Nc1c(I)ccc2ncccc12. The molecule has 0 aliphatic rings. The van der Waals surface area contributed by atoms with Gasteiger partial charge >= 0.3 is 0 Å². The smallest absolute Gasteiger partial charge is 0.0723 e. The topological polar surface area (TPSA) is 38.9 Å². The Morgan fingerprint density at radius 2 is 2.08 bits per heavy atom. The molecule has 0 bridgehead atoms. The first-order chi connectivity index (χ1) is 5.79. The van der Waals surface area contributed by atoms with Crippen LogP contribution in [0.15, 0.2) is 30.5 Å². The highest BCUT2D eigenvalue weighted by Gasteiger charge is 2.00. The van der Waals surface area contributed by atoms with Crippen molar-refractivity contribution < 1.29 is 0 Å². The molecule has 3 heteroatoms. The number of pyridine rings is 1. The highest BCUT2D eigenvalue weighted by Crippen LogP contribution is 2.23. The third-order valence-corrected chi connectivity index (χ3v) is 2.71. The Labute approximate surface area is 83.9 Å². The summed E-state index contributed by atoms with van der Waals surface area (Å²) in [7, 11) is 0. The number of hydrogen-bond donors (Lipinski definition) is 1. The van der Waals surface area contributed by atoms with Crippen LogP contribution in [0.3, 0.4) is 0 Å². The fourth-order valence-corrected chi connectivity index (χ4v) is 1.62. The second-order valence-corrected chi connectivity index (χ2v) is 3.69. The Morgan fingerprint density at radius 1 is 1.25 bits per heavy atom. The van der Waals surface area contributed by atoms with Gasteiger partial charge in [-0.25, -0.2) is 0 Å². The van der Waals surface area contributed by atoms with Gasteiger partial charge < -0.3 is 5.73 Å². The third-order valence-electron chi connectivity index (χ3n) is 1.77. The minimum absolute atomic E-state index is 0.821. The number of nitrogens with two attached hydrogens (primary N) is 1. The molecule has 2 nitrogen and oxygen atoms in total. The largest absolute Gasteiger partial charge is 0.397 e. The molecule has 0 aliphatic carbocycles. The molecule has 2 rings (SSSR count). The summed E-state index contributed by atoms with van der Waals surface area (Å²) in [4.78, 5) is 4.20. The van der Waals surface area contributed by atoms with Crippen molar-refractivity contribution in [1.29, 1.82) is 0 Å². The van der Waals surface area contributed by atoms with Gasteiger partial charge in [0.15, 0.2) is 0 Å². The van der Waals surface area contributed by atoms with Gasteiger partial charge in [0.05, 0.1) is 11.2 Å². The van der Waals surface area contributed by atoms with E-state index < -0.39 is 0 Å². The molecule has 0 atom stereocenters. The van der Waals surface area contributed by atoms with Crippen LogP contribution in [0, 0.1) is 3.57 Å². The van der Waals surface area contributed by atoms with E-state index >= 15 is 0 Å². The van der Waals surface area contributed by atoms with Crippen molar-refractivity contribution in [2.75, 3.05) is 5.73 Å². The van der Waals surface area contributed by atoms with E-state index in [2.05, 4.69) is 27.6 Å². The zero-order chi connectivity index (χ0) is 8.55. The maximum absolute atomic E-state index is 5.87. The Bertz CT molecular complexity index is 426. The van der Waals surface area contributed by atoms with Crippen molar-refractivity contribution in [3.63, 3.8) is 0 Å². The fraction of sp³-hybridized carbons (Fsp3) is 0. The molecule has 1 heterocycles. The fourth-order valence-electron chi connectivity index (χ4n) is 1.15. The van der Waals surface area contributed by atoms with Crippen LogP contribution in [-0.4, -0.2) is 4.98 Å².